The molecule has 4 rings (SSSR count). The van der Waals surface area contributed by atoms with E-state index in [2.05, 4.69) is 37.0 Å². The Bertz CT molecular complexity index is 1130. The number of hydrogen-bond acceptors (Lipinski definition) is 5. The molecule has 0 spiro atoms. The maximum absolute atomic E-state index is 13.8. The molecule has 1 aliphatic rings. The lowest BCUT2D eigenvalue weighted by Gasteiger charge is -2.23. The van der Waals surface area contributed by atoms with Crippen molar-refractivity contribution < 1.29 is 14.3 Å². The molecule has 0 saturated heterocycles. The van der Waals surface area contributed by atoms with Crippen LogP contribution in [0.3, 0.4) is 0 Å². The van der Waals surface area contributed by atoms with Crippen LogP contribution < -0.4 is 9.47 Å². The molecule has 1 fully saturated rings. The van der Waals surface area contributed by atoms with Gasteiger partial charge in [0.2, 0.25) is 0 Å². The van der Waals surface area contributed by atoms with Gasteiger partial charge in [-0.2, -0.15) is 0 Å². The summed E-state index contributed by atoms with van der Waals surface area (Å²) in [6.45, 7) is 7.60. The van der Waals surface area contributed by atoms with E-state index in [0.717, 1.165) is 45.5 Å². The molecule has 0 N–H and O–H groups in total. The van der Waals surface area contributed by atoms with E-state index in [9.17, 15) is 4.79 Å². The summed E-state index contributed by atoms with van der Waals surface area (Å²) in [7, 11) is 3.31. The summed E-state index contributed by atoms with van der Waals surface area (Å²) in [5.41, 5.74) is 5.19. The van der Waals surface area contributed by atoms with Crippen molar-refractivity contribution in [1.82, 2.24) is 9.88 Å². The van der Waals surface area contributed by atoms with Gasteiger partial charge >= 0.3 is 0 Å². The Kier molecular flexibility index (Phi) is 7.03. The number of carbonyl (C=O) groups excluding carboxylic acids is 1. The van der Waals surface area contributed by atoms with E-state index in [1.165, 1.54) is 24.0 Å². The number of rotatable bonds is 9. The predicted octanol–water partition coefficient (Wildman–Crippen LogP) is 5.85. The average molecular weight is 465 g/mol. The normalized spacial score (nSPS) is 13.1. The van der Waals surface area contributed by atoms with Crippen LogP contribution in [0.15, 0.2) is 36.4 Å². The molecule has 0 bridgehead atoms. The number of ether oxygens (including phenoxy) is 2. The number of nitrogens with zero attached hydrogens (tertiary/aromatic N) is 2. The van der Waals surface area contributed by atoms with Crippen molar-refractivity contribution in [2.75, 3.05) is 27.3 Å². The second-order valence-corrected chi connectivity index (χ2v) is 10.1. The van der Waals surface area contributed by atoms with Crippen molar-refractivity contribution in [3.8, 4) is 21.9 Å². The largest absolute Gasteiger partial charge is 0.497 e. The SMILES string of the molecule is COc1cc(CCN(CC2CC2)C(=O)c2nc(C)sc2-c2ccc(C)c(C)c2)cc(OC)c1. The number of carbonyl (C=O) groups is 1. The molecule has 0 radical (unpaired) electrons. The Balaban J connectivity index is 1.59. The summed E-state index contributed by atoms with van der Waals surface area (Å²) < 4.78 is 10.8. The summed E-state index contributed by atoms with van der Waals surface area (Å²) in [5.74, 6) is 2.14. The van der Waals surface area contributed by atoms with Crippen LogP contribution in [-0.2, 0) is 6.42 Å². The second-order valence-electron chi connectivity index (χ2n) is 8.88. The van der Waals surface area contributed by atoms with E-state index in [1.54, 1.807) is 25.6 Å². The lowest BCUT2D eigenvalue weighted by atomic mass is 10.0. The molecule has 1 amide bonds. The van der Waals surface area contributed by atoms with Crippen molar-refractivity contribution in [2.45, 2.75) is 40.0 Å². The number of hydrogen-bond donors (Lipinski definition) is 0. The third-order valence-corrected chi connectivity index (χ3v) is 7.27. The average Bonchev–Trinajstić information content (AvgIpc) is 3.56. The number of benzene rings is 2. The Morgan fingerprint density at radius 3 is 2.33 bits per heavy atom. The fourth-order valence-corrected chi connectivity index (χ4v) is 4.87. The summed E-state index contributed by atoms with van der Waals surface area (Å²) in [6.07, 6.45) is 3.11. The number of thiazole rings is 1. The van der Waals surface area contributed by atoms with E-state index in [4.69, 9.17) is 9.47 Å². The van der Waals surface area contributed by atoms with Crippen LogP contribution in [0.2, 0.25) is 0 Å². The minimum atomic E-state index is 0.0225. The topological polar surface area (TPSA) is 51.7 Å². The Hall–Kier alpha value is -2.86. The van der Waals surface area contributed by atoms with Gasteiger partial charge in [0.25, 0.3) is 5.91 Å². The Labute approximate surface area is 200 Å². The second kappa shape index (κ2) is 9.96. The van der Waals surface area contributed by atoms with Gasteiger partial charge < -0.3 is 14.4 Å². The highest BCUT2D eigenvalue weighted by Crippen LogP contribution is 2.34. The van der Waals surface area contributed by atoms with Gasteiger partial charge in [0.05, 0.1) is 24.1 Å². The van der Waals surface area contributed by atoms with Gasteiger partial charge in [-0.1, -0.05) is 18.2 Å². The van der Waals surface area contributed by atoms with Crippen LogP contribution in [0.1, 0.15) is 45.0 Å². The molecule has 1 saturated carbocycles. The fraction of sp³-hybridized carbons (Fsp3) is 0.407. The molecule has 0 aliphatic heterocycles. The Morgan fingerprint density at radius 2 is 1.73 bits per heavy atom. The van der Waals surface area contributed by atoms with E-state index in [1.807, 2.05) is 30.0 Å². The first-order valence-electron chi connectivity index (χ1n) is 11.4. The highest BCUT2D eigenvalue weighted by atomic mass is 32.1. The lowest BCUT2D eigenvalue weighted by molar-refractivity contribution is 0.0745. The third-order valence-electron chi connectivity index (χ3n) is 6.25. The van der Waals surface area contributed by atoms with E-state index < -0.39 is 0 Å². The van der Waals surface area contributed by atoms with Crippen LogP contribution in [0.4, 0.5) is 0 Å². The molecular weight excluding hydrogens is 432 g/mol. The van der Waals surface area contributed by atoms with Crippen molar-refractivity contribution in [3.63, 3.8) is 0 Å². The minimum absolute atomic E-state index is 0.0225. The van der Waals surface area contributed by atoms with Crippen LogP contribution in [0, 0.1) is 26.7 Å². The zero-order valence-corrected chi connectivity index (χ0v) is 20.9. The van der Waals surface area contributed by atoms with Crippen LogP contribution in [0.5, 0.6) is 11.5 Å². The number of methoxy groups -OCH3 is 2. The van der Waals surface area contributed by atoms with Gasteiger partial charge in [-0.05, 0) is 80.3 Å². The quantitative estimate of drug-likeness (QED) is 0.399. The number of aryl methyl sites for hydroxylation is 3. The first-order valence-corrected chi connectivity index (χ1v) is 12.3. The highest BCUT2D eigenvalue weighted by Gasteiger charge is 2.30. The molecule has 5 nitrogen and oxygen atoms in total. The predicted molar refractivity (Wildman–Crippen MR) is 134 cm³/mol. The van der Waals surface area contributed by atoms with Gasteiger partial charge in [0.1, 0.15) is 17.2 Å². The molecule has 1 aromatic heterocycles. The van der Waals surface area contributed by atoms with Gasteiger partial charge in [-0.15, -0.1) is 11.3 Å². The van der Waals surface area contributed by atoms with Gasteiger partial charge in [-0.3, -0.25) is 4.79 Å². The summed E-state index contributed by atoms with van der Waals surface area (Å²) in [5, 5.41) is 0.912. The monoisotopic (exact) mass is 464 g/mol. The smallest absolute Gasteiger partial charge is 0.274 e. The molecule has 0 unspecified atom stereocenters. The van der Waals surface area contributed by atoms with Crippen LogP contribution >= 0.6 is 11.3 Å². The van der Waals surface area contributed by atoms with E-state index in [0.29, 0.717) is 18.2 Å². The summed E-state index contributed by atoms with van der Waals surface area (Å²) in [4.78, 5) is 21.4. The summed E-state index contributed by atoms with van der Waals surface area (Å²) >= 11 is 1.59. The maximum atomic E-state index is 13.8. The lowest BCUT2D eigenvalue weighted by Crippen LogP contribution is -2.35. The number of amides is 1. The maximum Gasteiger partial charge on any atom is 0.274 e. The van der Waals surface area contributed by atoms with Crippen LogP contribution in [0.25, 0.3) is 10.4 Å². The minimum Gasteiger partial charge on any atom is -0.497 e. The van der Waals surface area contributed by atoms with Crippen molar-refractivity contribution in [2.24, 2.45) is 5.92 Å². The molecule has 3 aromatic rings. The molecule has 6 heteroatoms. The van der Waals surface area contributed by atoms with Crippen LogP contribution in [-0.4, -0.2) is 43.1 Å². The zero-order chi connectivity index (χ0) is 23.5. The molecule has 1 heterocycles. The first kappa shape index (κ1) is 23.3. The summed E-state index contributed by atoms with van der Waals surface area (Å²) in [6, 6.07) is 12.3. The molecular formula is C27H32N2O3S. The van der Waals surface area contributed by atoms with Gasteiger partial charge in [0.15, 0.2) is 0 Å². The Morgan fingerprint density at radius 1 is 1.03 bits per heavy atom. The molecule has 174 valence electrons. The standard InChI is InChI=1S/C27H32N2O3S/c1-17-6-9-22(12-18(17)2)26-25(28-19(3)33-26)27(30)29(16-20-7-8-20)11-10-21-13-23(31-4)15-24(14-21)32-5/h6,9,12-15,20H,7-8,10-11,16H2,1-5H3. The molecule has 2 aromatic carbocycles. The fourth-order valence-electron chi connectivity index (χ4n) is 3.96. The molecule has 1 aliphatic carbocycles. The van der Waals surface area contributed by atoms with Gasteiger partial charge in [0, 0.05) is 19.2 Å². The van der Waals surface area contributed by atoms with E-state index in [-0.39, 0.29) is 5.91 Å². The molecule has 0 atom stereocenters. The van der Waals surface area contributed by atoms with Crippen molar-refractivity contribution in [1.29, 1.82) is 0 Å². The van der Waals surface area contributed by atoms with Crippen molar-refractivity contribution >= 4 is 17.2 Å². The molecule has 33 heavy (non-hydrogen) atoms. The van der Waals surface area contributed by atoms with Crippen molar-refractivity contribution in [3.05, 3.63) is 63.8 Å². The zero-order valence-electron chi connectivity index (χ0n) is 20.1. The van der Waals surface area contributed by atoms with E-state index >= 15 is 0 Å². The first-order chi connectivity index (χ1) is 15.9. The third kappa shape index (κ3) is 5.56. The van der Waals surface area contributed by atoms with Gasteiger partial charge in [-0.25, -0.2) is 4.98 Å². The number of aromatic nitrogens is 1. The highest BCUT2D eigenvalue weighted by molar-refractivity contribution is 7.15.